The van der Waals surface area contributed by atoms with Crippen LogP contribution in [0.5, 0.6) is 0 Å². The van der Waals surface area contributed by atoms with Gasteiger partial charge in [0.05, 0.1) is 5.69 Å². The van der Waals surface area contributed by atoms with Gasteiger partial charge < -0.3 is 0 Å². The summed E-state index contributed by atoms with van der Waals surface area (Å²) in [5.74, 6) is -0.196. The van der Waals surface area contributed by atoms with Crippen molar-refractivity contribution >= 4 is 34.0 Å². The van der Waals surface area contributed by atoms with Gasteiger partial charge >= 0.3 is 0 Å². The minimum absolute atomic E-state index is 0.196. The molecule has 0 bridgehead atoms. The van der Waals surface area contributed by atoms with E-state index in [0.717, 1.165) is 22.4 Å². The first kappa shape index (κ1) is 15.6. The minimum Gasteiger partial charge on any atom is -0.298 e. The molecule has 0 aliphatic rings. The fourth-order valence-electron chi connectivity index (χ4n) is 2.43. The molecule has 0 spiro atoms. The summed E-state index contributed by atoms with van der Waals surface area (Å²) in [6.07, 6.45) is 3.17. The third-order valence-corrected chi connectivity index (χ3v) is 4.40. The van der Waals surface area contributed by atoms with E-state index in [4.69, 9.17) is 11.6 Å². The van der Waals surface area contributed by atoms with Crippen LogP contribution in [-0.4, -0.2) is 15.9 Å². The molecule has 0 atom stereocenters. The molecule has 2 aromatic heterocycles. The number of carbonyl (C=O) groups excluding carboxylic acids is 1. The average molecular weight is 344 g/mol. The molecule has 1 amide bonds. The van der Waals surface area contributed by atoms with Crippen molar-refractivity contribution in [3.05, 3.63) is 63.8 Å². The van der Waals surface area contributed by atoms with Crippen LogP contribution in [0.2, 0.25) is 5.02 Å². The quantitative estimate of drug-likeness (QED) is 0.748. The zero-order valence-corrected chi connectivity index (χ0v) is 14.2. The SMILES string of the molecule is Cc1cc(Cl)cc(C)c1-c1csc(NC(=O)c2ccncc2)n1. The molecule has 0 radical (unpaired) electrons. The number of rotatable bonds is 3. The molecule has 0 saturated carbocycles. The number of hydrogen-bond donors (Lipinski definition) is 1. The Bertz CT molecular complexity index is 838. The lowest BCUT2D eigenvalue weighted by molar-refractivity contribution is 0.102. The first-order valence-corrected chi connectivity index (χ1v) is 8.24. The zero-order chi connectivity index (χ0) is 16.4. The second-order valence-electron chi connectivity index (χ2n) is 5.14. The molecule has 3 rings (SSSR count). The lowest BCUT2D eigenvalue weighted by Crippen LogP contribution is -2.11. The molecular weight excluding hydrogens is 330 g/mol. The lowest BCUT2D eigenvalue weighted by Gasteiger charge is -2.08. The fourth-order valence-corrected chi connectivity index (χ4v) is 3.46. The highest BCUT2D eigenvalue weighted by Gasteiger charge is 2.13. The van der Waals surface area contributed by atoms with Gasteiger partial charge in [0, 0.05) is 33.9 Å². The second kappa shape index (κ2) is 6.48. The molecular formula is C17H14ClN3OS. The molecule has 0 unspecified atom stereocenters. The van der Waals surface area contributed by atoms with Crippen molar-refractivity contribution < 1.29 is 4.79 Å². The van der Waals surface area contributed by atoms with Crippen LogP contribution in [0.25, 0.3) is 11.3 Å². The van der Waals surface area contributed by atoms with Gasteiger partial charge in [-0.15, -0.1) is 11.3 Å². The molecule has 116 valence electrons. The summed E-state index contributed by atoms with van der Waals surface area (Å²) in [6.45, 7) is 4.01. The minimum atomic E-state index is -0.196. The molecule has 4 nitrogen and oxygen atoms in total. The maximum Gasteiger partial charge on any atom is 0.257 e. The van der Waals surface area contributed by atoms with Crippen LogP contribution in [0.3, 0.4) is 0 Å². The van der Waals surface area contributed by atoms with Crippen LogP contribution in [0.4, 0.5) is 5.13 Å². The second-order valence-corrected chi connectivity index (χ2v) is 6.44. The number of halogens is 1. The average Bonchev–Trinajstić information content (AvgIpc) is 2.95. The molecule has 0 aliphatic heterocycles. The normalized spacial score (nSPS) is 10.6. The van der Waals surface area contributed by atoms with E-state index in [1.807, 2.05) is 31.4 Å². The number of benzene rings is 1. The monoisotopic (exact) mass is 343 g/mol. The van der Waals surface area contributed by atoms with Gasteiger partial charge in [0.1, 0.15) is 0 Å². The highest BCUT2D eigenvalue weighted by atomic mass is 35.5. The number of carbonyl (C=O) groups is 1. The van der Waals surface area contributed by atoms with Crippen LogP contribution in [0.1, 0.15) is 21.5 Å². The van der Waals surface area contributed by atoms with E-state index in [1.54, 1.807) is 24.5 Å². The number of thiazole rings is 1. The van der Waals surface area contributed by atoms with E-state index >= 15 is 0 Å². The summed E-state index contributed by atoms with van der Waals surface area (Å²) >= 11 is 7.47. The van der Waals surface area contributed by atoms with Crippen molar-refractivity contribution in [2.45, 2.75) is 13.8 Å². The number of nitrogens with one attached hydrogen (secondary N) is 1. The molecule has 1 aromatic carbocycles. The predicted octanol–water partition coefficient (Wildman–Crippen LogP) is 4.73. The van der Waals surface area contributed by atoms with Crippen molar-refractivity contribution in [2.24, 2.45) is 0 Å². The Morgan fingerprint density at radius 3 is 2.48 bits per heavy atom. The van der Waals surface area contributed by atoms with Crippen molar-refractivity contribution in [3.63, 3.8) is 0 Å². The molecule has 0 fully saturated rings. The largest absolute Gasteiger partial charge is 0.298 e. The number of aryl methyl sites for hydroxylation is 2. The summed E-state index contributed by atoms with van der Waals surface area (Å²) in [5, 5.41) is 6.03. The zero-order valence-electron chi connectivity index (χ0n) is 12.6. The highest BCUT2D eigenvalue weighted by Crippen LogP contribution is 2.32. The number of pyridine rings is 1. The summed E-state index contributed by atoms with van der Waals surface area (Å²) < 4.78 is 0. The van der Waals surface area contributed by atoms with Crippen molar-refractivity contribution in [1.82, 2.24) is 9.97 Å². The first-order valence-electron chi connectivity index (χ1n) is 6.98. The summed E-state index contributed by atoms with van der Waals surface area (Å²) in [4.78, 5) is 20.6. The van der Waals surface area contributed by atoms with E-state index < -0.39 is 0 Å². The van der Waals surface area contributed by atoms with Crippen LogP contribution >= 0.6 is 22.9 Å². The highest BCUT2D eigenvalue weighted by molar-refractivity contribution is 7.14. The smallest absolute Gasteiger partial charge is 0.257 e. The van der Waals surface area contributed by atoms with Gasteiger partial charge in [-0.2, -0.15) is 0 Å². The van der Waals surface area contributed by atoms with Crippen molar-refractivity contribution in [3.8, 4) is 11.3 Å². The summed E-state index contributed by atoms with van der Waals surface area (Å²) in [7, 11) is 0. The Kier molecular flexibility index (Phi) is 4.41. The first-order chi connectivity index (χ1) is 11.0. The van der Waals surface area contributed by atoms with Gasteiger partial charge in [0.25, 0.3) is 5.91 Å². The third kappa shape index (κ3) is 3.41. The molecule has 3 aromatic rings. The van der Waals surface area contributed by atoms with Crippen LogP contribution in [0.15, 0.2) is 42.0 Å². The van der Waals surface area contributed by atoms with Gasteiger partial charge in [0.15, 0.2) is 5.13 Å². The molecule has 0 saturated heterocycles. The van der Waals surface area contributed by atoms with Gasteiger partial charge in [-0.25, -0.2) is 4.98 Å². The topological polar surface area (TPSA) is 54.9 Å². The number of amides is 1. The van der Waals surface area contributed by atoms with Crippen LogP contribution < -0.4 is 5.32 Å². The van der Waals surface area contributed by atoms with Gasteiger partial charge in [0.2, 0.25) is 0 Å². The van der Waals surface area contributed by atoms with Gasteiger partial charge in [-0.05, 0) is 49.2 Å². The Labute approximate surface area is 143 Å². The molecule has 2 heterocycles. The maximum atomic E-state index is 12.1. The Hall–Kier alpha value is -2.24. The Balaban J connectivity index is 1.86. The lowest BCUT2D eigenvalue weighted by atomic mass is 10.0. The number of hydrogen-bond acceptors (Lipinski definition) is 4. The molecule has 23 heavy (non-hydrogen) atoms. The van der Waals surface area contributed by atoms with E-state index in [1.165, 1.54) is 11.3 Å². The molecule has 6 heteroatoms. The van der Waals surface area contributed by atoms with E-state index in [0.29, 0.717) is 15.7 Å². The van der Waals surface area contributed by atoms with Crippen molar-refractivity contribution in [1.29, 1.82) is 0 Å². The van der Waals surface area contributed by atoms with E-state index in [9.17, 15) is 4.79 Å². The Morgan fingerprint density at radius 2 is 1.83 bits per heavy atom. The number of aromatic nitrogens is 2. The van der Waals surface area contributed by atoms with E-state index in [-0.39, 0.29) is 5.91 Å². The van der Waals surface area contributed by atoms with E-state index in [2.05, 4.69) is 15.3 Å². The molecule has 1 N–H and O–H groups in total. The fraction of sp³-hybridized carbons (Fsp3) is 0.118. The standard InChI is InChI=1S/C17H14ClN3OS/c1-10-7-13(18)8-11(2)15(10)14-9-23-17(20-14)21-16(22)12-3-5-19-6-4-12/h3-9H,1-2H3,(H,20,21,22). The van der Waals surface area contributed by atoms with Crippen LogP contribution in [0, 0.1) is 13.8 Å². The van der Waals surface area contributed by atoms with Gasteiger partial charge in [-0.1, -0.05) is 11.6 Å². The third-order valence-electron chi connectivity index (χ3n) is 3.42. The predicted molar refractivity (Wildman–Crippen MR) is 94.2 cm³/mol. The Morgan fingerprint density at radius 1 is 1.17 bits per heavy atom. The molecule has 0 aliphatic carbocycles. The van der Waals surface area contributed by atoms with Crippen LogP contribution in [-0.2, 0) is 0 Å². The number of nitrogens with zero attached hydrogens (tertiary/aromatic N) is 2. The summed E-state index contributed by atoms with van der Waals surface area (Å²) in [5.41, 5.74) is 4.57. The summed E-state index contributed by atoms with van der Waals surface area (Å²) in [6, 6.07) is 7.16. The van der Waals surface area contributed by atoms with Crippen molar-refractivity contribution in [2.75, 3.05) is 5.32 Å². The van der Waals surface area contributed by atoms with Gasteiger partial charge in [-0.3, -0.25) is 15.1 Å². The number of anilines is 1. The maximum absolute atomic E-state index is 12.1.